The van der Waals surface area contributed by atoms with Crippen molar-refractivity contribution in [3.63, 3.8) is 0 Å². The monoisotopic (exact) mass is 193 g/mol. The van der Waals surface area contributed by atoms with Crippen LogP contribution in [0.4, 0.5) is 5.69 Å². The molecule has 1 heterocycles. The summed E-state index contributed by atoms with van der Waals surface area (Å²) in [5.41, 5.74) is 1.57. The van der Waals surface area contributed by atoms with E-state index in [-0.39, 0.29) is 5.91 Å². The molecule has 0 saturated heterocycles. The molecule has 4 heteroatoms. The van der Waals surface area contributed by atoms with Crippen molar-refractivity contribution in [2.75, 3.05) is 12.4 Å². The lowest BCUT2D eigenvalue weighted by atomic mass is 10.0. The SMILES string of the molecule is COc1cccc2c1NC(=O)C(O)C2. The van der Waals surface area contributed by atoms with Crippen LogP contribution in [0.2, 0.25) is 0 Å². The van der Waals surface area contributed by atoms with Crippen LogP contribution in [0.25, 0.3) is 0 Å². The van der Waals surface area contributed by atoms with Crippen molar-refractivity contribution >= 4 is 11.6 Å². The number of aliphatic hydroxyl groups excluding tert-OH is 1. The molecule has 0 aliphatic carbocycles. The molecule has 2 N–H and O–H groups in total. The number of anilines is 1. The predicted molar refractivity (Wildman–Crippen MR) is 51.3 cm³/mol. The van der Waals surface area contributed by atoms with E-state index in [2.05, 4.69) is 5.32 Å². The minimum absolute atomic E-state index is 0.346. The second-order valence-electron chi connectivity index (χ2n) is 3.20. The Morgan fingerprint density at radius 3 is 3.07 bits per heavy atom. The van der Waals surface area contributed by atoms with E-state index in [0.717, 1.165) is 5.56 Å². The van der Waals surface area contributed by atoms with E-state index in [4.69, 9.17) is 4.74 Å². The summed E-state index contributed by atoms with van der Waals surface area (Å²) >= 11 is 0. The third-order valence-electron chi connectivity index (χ3n) is 2.30. The number of hydrogen-bond donors (Lipinski definition) is 2. The molecule has 1 aliphatic heterocycles. The number of ether oxygens (including phenoxy) is 1. The van der Waals surface area contributed by atoms with Crippen LogP contribution in [0.3, 0.4) is 0 Å². The first-order chi connectivity index (χ1) is 6.72. The Labute approximate surface area is 81.5 Å². The molecule has 0 radical (unpaired) electrons. The number of methoxy groups -OCH3 is 1. The third kappa shape index (κ3) is 1.33. The van der Waals surface area contributed by atoms with Gasteiger partial charge in [0.05, 0.1) is 12.8 Å². The van der Waals surface area contributed by atoms with E-state index in [0.29, 0.717) is 17.9 Å². The Kier molecular flexibility index (Phi) is 2.13. The second-order valence-corrected chi connectivity index (χ2v) is 3.20. The van der Waals surface area contributed by atoms with E-state index in [1.54, 1.807) is 13.2 Å². The molecule has 0 bridgehead atoms. The Morgan fingerprint density at radius 2 is 2.36 bits per heavy atom. The van der Waals surface area contributed by atoms with Crippen molar-refractivity contribution in [3.8, 4) is 5.75 Å². The summed E-state index contributed by atoms with van der Waals surface area (Å²) in [7, 11) is 1.55. The Bertz CT molecular complexity index is 376. The van der Waals surface area contributed by atoms with Crippen molar-refractivity contribution in [3.05, 3.63) is 23.8 Å². The Hall–Kier alpha value is -1.55. The lowest BCUT2D eigenvalue weighted by Gasteiger charge is -2.22. The fourth-order valence-electron chi connectivity index (χ4n) is 1.57. The topological polar surface area (TPSA) is 58.6 Å². The van der Waals surface area contributed by atoms with Crippen molar-refractivity contribution in [1.82, 2.24) is 0 Å². The van der Waals surface area contributed by atoms with E-state index < -0.39 is 6.10 Å². The highest BCUT2D eigenvalue weighted by Crippen LogP contribution is 2.31. The molecule has 0 spiro atoms. The second kappa shape index (κ2) is 3.31. The van der Waals surface area contributed by atoms with Crippen LogP contribution in [0.1, 0.15) is 5.56 Å². The zero-order valence-corrected chi connectivity index (χ0v) is 7.78. The van der Waals surface area contributed by atoms with Gasteiger partial charge in [0.1, 0.15) is 11.9 Å². The van der Waals surface area contributed by atoms with Crippen LogP contribution in [-0.2, 0) is 11.2 Å². The van der Waals surface area contributed by atoms with Gasteiger partial charge in [0.25, 0.3) is 5.91 Å². The maximum absolute atomic E-state index is 11.2. The van der Waals surface area contributed by atoms with Gasteiger partial charge in [-0.15, -0.1) is 0 Å². The van der Waals surface area contributed by atoms with Gasteiger partial charge in [-0.3, -0.25) is 4.79 Å². The summed E-state index contributed by atoms with van der Waals surface area (Å²) in [5.74, 6) is 0.254. The quantitative estimate of drug-likeness (QED) is 0.684. The van der Waals surface area contributed by atoms with Crippen molar-refractivity contribution in [2.45, 2.75) is 12.5 Å². The molecular formula is C10H11NO3. The van der Waals surface area contributed by atoms with Crippen LogP contribution in [-0.4, -0.2) is 24.2 Å². The van der Waals surface area contributed by atoms with E-state index in [9.17, 15) is 9.90 Å². The molecule has 4 nitrogen and oxygen atoms in total. The Morgan fingerprint density at radius 1 is 1.57 bits per heavy atom. The smallest absolute Gasteiger partial charge is 0.253 e. The minimum atomic E-state index is -0.949. The molecule has 1 atom stereocenters. The molecule has 1 aromatic carbocycles. The molecule has 1 aliphatic rings. The molecule has 1 unspecified atom stereocenters. The van der Waals surface area contributed by atoms with Crippen molar-refractivity contribution in [1.29, 1.82) is 0 Å². The number of aliphatic hydroxyl groups is 1. The van der Waals surface area contributed by atoms with E-state index >= 15 is 0 Å². The number of hydrogen-bond acceptors (Lipinski definition) is 3. The molecular weight excluding hydrogens is 182 g/mol. The number of benzene rings is 1. The van der Waals surface area contributed by atoms with Gasteiger partial charge in [-0.2, -0.15) is 0 Å². The lowest BCUT2D eigenvalue weighted by Crippen LogP contribution is -2.34. The lowest BCUT2D eigenvalue weighted by molar-refractivity contribution is -0.124. The zero-order valence-electron chi connectivity index (χ0n) is 7.78. The number of carbonyl (C=O) groups excluding carboxylic acids is 1. The molecule has 0 aromatic heterocycles. The molecule has 1 amide bonds. The van der Waals surface area contributed by atoms with Gasteiger partial charge in [-0.25, -0.2) is 0 Å². The molecule has 0 saturated carbocycles. The number of carbonyl (C=O) groups is 1. The maximum atomic E-state index is 11.2. The van der Waals surface area contributed by atoms with Crippen LogP contribution >= 0.6 is 0 Å². The average molecular weight is 193 g/mol. The summed E-state index contributed by atoms with van der Waals surface area (Å²) in [6.45, 7) is 0. The number of rotatable bonds is 1. The largest absolute Gasteiger partial charge is 0.495 e. The first-order valence-electron chi connectivity index (χ1n) is 4.37. The van der Waals surface area contributed by atoms with Crippen molar-refractivity contribution < 1.29 is 14.6 Å². The van der Waals surface area contributed by atoms with Gasteiger partial charge >= 0.3 is 0 Å². The molecule has 2 rings (SSSR count). The van der Waals surface area contributed by atoms with Crippen LogP contribution in [0.15, 0.2) is 18.2 Å². The summed E-state index contributed by atoms with van der Waals surface area (Å²) in [4.78, 5) is 11.2. The summed E-state index contributed by atoms with van der Waals surface area (Å²) in [5, 5.41) is 12.0. The molecule has 1 aromatic rings. The molecule has 14 heavy (non-hydrogen) atoms. The van der Waals surface area contributed by atoms with Gasteiger partial charge in [0, 0.05) is 6.42 Å². The standard InChI is InChI=1S/C10H11NO3/c1-14-8-4-2-3-6-5-7(12)10(13)11-9(6)8/h2-4,7,12H,5H2,1H3,(H,11,13). The number of fused-ring (bicyclic) bond motifs is 1. The number of nitrogens with one attached hydrogen (secondary N) is 1. The Balaban J connectivity index is 2.46. The summed E-state index contributed by atoms with van der Waals surface area (Å²) in [6.07, 6.45) is -0.604. The van der Waals surface area contributed by atoms with Gasteiger partial charge in [-0.1, -0.05) is 12.1 Å². The predicted octanol–water partition coefficient (Wildman–Crippen LogP) is 0.551. The van der Waals surface area contributed by atoms with Crippen LogP contribution in [0, 0.1) is 0 Å². The van der Waals surface area contributed by atoms with Gasteiger partial charge in [0.15, 0.2) is 0 Å². The third-order valence-corrected chi connectivity index (χ3v) is 2.30. The highest BCUT2D eigenvalue weighted by atomic mass is 16.5. The maximum Gasteiger partial charge on any atom is 0.253 e. The number of para-hydroxylation sites is 1. The summed E-state index contributed by atoms with van der Waals surface area (Å²) < 4.78 is 5.10. The normalized spacial score (nSPS) is 19.9. The van der Waals surface area contributed by atoms with E-state index in [1.165, 1.54) is 0 Å². The van der Waals surface area contributed by atoms with Gasteiger partial charge < -0.3 is 15.2 Å². The van der Waals surface area contributed by atoms with Crippen LogP contribution in [0.5, 0.6) is 5.75 Å². The zero-order chi connectivity index (χ0) is 10.1. The van der Waals surface area contributed by atoms with Crippen molar-refractivity contribution in [2.24, 2.45) is 0 Å². The van der Waals surface area contributed by atoms with E-state index in [1.807, 2.05) is 12.1 Å². The van der Waals surface area contributed by atoms with Gasteiger partial charge in [0.2, 0.25) is 0 Å². The average Bonchev–Trinajstić information content (AvgIpc) is 2.19. The fraction of sp³-hybridized carbons (Fsp3) is 0.300. The highest BCUT2D eigenvalue weighted by Gasteiger charge is 2.25. The minimum Gasteiger partial charge on any atom is -0.495 e. The van der Waals surface area contributed by atoms with Gasteiger partial charge in [-0.05, 0) is 11.6 Å². The van der Waals surface area contributed by atoms with Crippen LogP contribution < -0.4 is 10.1 Å². The fourth-order valence-corrected chi connectivity index (χ4v) is 1.57. The summed E-state index contributed by atoms with van der Waals surface area (Å²) in [6, 6.07) is 5.47. The number of amides is 1. The first-order valence-corrected chi connectivity index (χ1v) is 4.37. The first kappa shape index (κ1) is 9.02. The molecule has 74 valence electrons. The highest BCUT2D eigenvalue weighted by molar-refractivity contribution is 5.98. The molecule has 0 fully saturated rings.